The second-order valence-corrected chi connectivity index (χ2v) is 7.51. The predicted molar refractivity (Wildman–Crippen MR) is 110 cm³/mol. The maximum absolute atomic E-state index is 13.0. The van der Waals surface area contributed by atoms with Gasteiger partial charge >= 0.3 is 0 Å². The highest BCUT2D eigenvalue weighted by molar-refractivity contribution is 6.01. The van der Waals surface area contributed by atoms with E-state index in [0.29, 0.717) is 24.1 Å². The van der Waals surface area contributed by atoms with Crippen molar-refractivity contribution in [3.63, 3.8) is 0 Å². The second kappa shape index (κ2) is 9.05. The molecule has 1 amide bonds. The summed E-state index contributed by atoms with van der Waals surface area (Å²) in [6.45, 7) is 7.42. The monoisotopic (exact) mass is 366 g/mol. The molecule has 1 aliphatic heterocycles. The fourth-order valence-electron chi connectivity index (χ4n) is 3.94. The minimum Gasteiger partial charge on any atom is -0.496 e. The number of likely N-dealkylation sites (tertiary alicyclic amines) is 1. The molecule has 2 aromatic carbocycles. The summed E-state index contributed by atoms with van der Waals surface area (Å²) in [4.78, 5) is 15.5. The van der Waals surface area contributed by atoms with E-state index in [9.17, 15) is 4.79 Å². The van der Waals surface area contributed by atoms with Crippen molar-refractivity contribution >= 4 is 5.91 Å². The molecule has 27 heavy (non-hydrogen) atoms. The fourth-order valence-corrected chi connectivity index (χ4v) is 3.94. The zero-order chi connectivity index (χ0) is 19.2. The Labute approximate surface area is 162 Å². The number of nitrogens with zero attached hydrogens (tertiary/aromatic N) is 1. The number of rotatable bonds is 7. The number of para-hydroxylation sites is 1. The van der Waals surface area contributed by atoms with E-state index in [4.69, 9.17) is 4.74 Å². The number of carbonyl (C=O) groups excluding carboxylic acids is 1. The topological polar surface area (TPSA) is 41.6 Å². The zero-order valence-electron chi connectivity index (χ0n) is 16.6. The highest BCUT2D eigenvalue weighted by atomic mass is 16.5. The van der Waals surface area contributed by atoms with Crippen molar-refractivity contribution in [1.82, 2.24) is 10.2 Å². The summed E-state index contributed by atoms with van der Waals surface area (Å²) in [6, 6.07) is 15.9. The number of methoxy groups -OCH3 is 1. The van der Waals surface area contributed by atoms with Crippen LogP contribution in [0.2, 0.25) is 0 Å². The normalized spacial score (nSPS) is 15.7. The third-order valence-electron chi connectivity index (χ3n) is 5.42. The highest BCUT2D eigenvalue weighted by Gasteiger charge is 2.25. The number of carbonyl (C=O) groups is 1. The van der Waals surface area contributed by atoms with Crippen molar-refractivity contribution in [1.29, 1.82) is 0 Å². The number of benzene rings is 2. The molecular formula is C23H30N2O2. The van der Waals surface area contributed by atoms with Crippen LogP contribution >= 0.6 is 0 Å². The average Bonchev–Trinajstić information content (AvgIpc) is 3.22. The van der Waals surface area contributed by atoms with Crippen molar-refractivity contribution in [2.24, 2.45) is 5.92 Å². The molecule has 1 N–H and O–H groups in total. The summed E-state index contributed by atoms with van der Waals surface area (Å²) in [5.74, 6) is 1.25. The third-order valence-corrected chi connectivity index (χ3v) is 5.42. The Balaban J connectivity index is 1.79. The van der Waals surface area contributed by atoms with Gasteiger partial charge in [-0.15, -0.1) is 0 Å². The van der Waals surface area contributed by atoms with Gasteiger partial charge < -0.3 is 10.1 Å². The van der Waals surface area contributed by atoms with Gasteiger partial charge in [0.1, 0.15) is 5.75 Å². The number of nitrogens with one attached hydrogen (secondary N) is 1. The van der Waals surface area contributed by atoms with Crippen LogP contribution in [-0.2, 0) is 0 Å². The maximum Gasteiger partial charge on any atom is 0.251 e. The zero-order valence-corrected chi connectivity index (χ0v) is 16.6. The van der Waals surface area contributed by atoms with Crippen LogP contribution in [0.1, 0.15) is 37.0 Å². The first-order valence-corrected chi connectivity index (χ1v) is 9.86. The van der Waals surface area contributed by atoms with Gasteiger partial charge in [0.15, 0.2) is 0 Å². The molecule has 2 aromatic rings. The lowest BCUT2D eigenvalue weighted by atomic mass is 9.98. The Morgan fingerprint density at radius 3 is 2.33 bits per heavy atom. The van der Waals surface area contributed by atoms with E-state index >= 15 is 0 Å². The standard InChI is InChI=1S/C23H30N2O2/c1-17(2)21(25-14-8-9-15-25)16-24-23(26)20-12-5-4-10-18(20)19-11-6-7-13-22(19)27-3/h4-7,10-13,17,21H,8-9,14-16H2,1-3H3,(H,24,26). The molecule has 0 spiro atoms. The van der Waals surface area contributed by atoms with Crippen LogP contribution in [-0.4, -0.2) is 43.6 Å². The van der Waals surface area contributed by atoms with Crippen LogP contribution in [0.3, 0.4) is 0 Å². The number of hydrogen-bond acceptors (Lipinski definition) is 3. The van der Waals surface area contributed by atoms with Crippen molar-refractivity contribution in [3.05, 3.63) is 54.1 Å². The lowest BCUT2D eigenvalue weighted by Gasteiger charge is -2.31. The minimum absolute atomic E-state index is 0.0265. The molecule has 0 saturated carbocycles. The molecule has 1 unspecified atom stereocenters. The quantitative estimate of drug-likeness (QED) is 0.798. The van der Waals surface area contributed by atoms with Gasteiger partial charge in [0.25, 0.3) is 5.91 Å². The summed E-state index contributed by atoms with van der Waals surface area (Å²) >= 11 is 0. The van der Waals surface area contributed by atoms with Gasteiger partial charge in [0, 0.05) is 23.7 Å². The largest absolute Gasteiger partial charge is 0.496 e. The molecule has 1 fully saturated rings. The van der Waals surface area contributed by atoms with E-state index < -0.39 is 0 Å². The molecule has 4 heteroatoms. The van der Waals surface area contributed by atoms with Gasteiger partial charge in [0.2, 0.25) is 0 Å². The Hall–Kier alpha value is -2.33. The van der Waals surface area contributed by atoms with Crippen molar-refractivity contribution < 1.29 is 9.53 Å². The first kappa shape index (κ1) is 19.4. The lowest BCUT2D eigenvalue weighted by molar-refractivity contribution is 0.0928. The fraction of sp³-hybridized carbons (Fsp3) is 0.435. The molecule has 3 rings (SSSR count). The lowest BCUT2D eigenvalue weighted by Crippen LogP contribution is -2.45. The van der Waals surface area contributed by atoms with E-state index in [-0.39, 0.29) is 5.91 Å². The third kappa shape index (κ3) is 4.51. The maximum atomic E-state index is 13.0. The Morgan fingerprint density at radius 1 is 1.04 bits per heavy atom. The smallest absolute Gasteiger partial charge is 0.251 e. The van der Waals surface area contributed by atoms with E-state index in [1.807, 2.05) is 48.5 Å². The van der Waals surface area contributed by atoms with Crippen LogP contribution < -0.4 is 10.1 Å². The van der Waals surface area contributed by atoms with Crippen molar-refractivity contribution in [2.45, 2.75) is 32.7 Å². The number of amides is 1. The van der Waals surface area contributed by atoms with Crippen molar-refractivity contribution in [3.8, 4) is 16.9 Å². The molecule has 0 aromatic heterocycles. The van der Waals surface area contributed by atoms with Crippen molar-refractivity contribution in [2.75, 3.05) is 26.7 Å². The average molecular weight is 367 g/mol. The Bertz CT molecular complexity index is 766. The molecule has 1 heterocycles. The summed E-state index contributed by atoms with van der Waals surface area (Å²) < 4.78 is 5.49. The first-order valence-electron chi connectivity index (χ1n) is 9.86. The molecule has 1 saturated heterocycles. The SMILES string of the molecule is COc1ccccc1-c1ccccc1C(=O)NCC(C(C)C)N1CCCC1. The van der Waals surface area contributed by atoms with Gasteiger partial charge in [-0.2, -0.15) is 0 Å². The molecule has 0 radical (unpaired) electrons. The van der Waals surface area contributed by atoms with Gasteiger partial charge in [-0.25, -0.2) is 0 Å². The summed E-state index contributed by atoms with van der Waals surface area (Å²) in [5.41, 5.74) is 2.52. The van der Waals surface area contributed by atoms with Crippen LogP contribution in [0.4, 0.5) is 0 Å². The van der Waals surface area contributed by atoms with E-state index in [1.165, 1.54) is 12.8 Å². The van der Waals surface area contributed by atoms with Crippen LogP contribution in [0.25, 0.3) is 11.1 Å². The molecule has 0 bridgehead atoms. The van der Waals surface area contributed by atoms with Gasteiger partial charge in [-0.3, -0.25) is 9.69 Å². The van der Waals surface area contributed by atoms with Crippen LogP contribution in [0.15, 0.2) is 48.5 Å². The minimum atomic E-state index is -0.0265. The number of hydrogen-bond donors (Lipinski definition) is 1. The summed E-state index contributed by atoms with van der Waals surface area (Å²) in [7, 11) is 1.66. The van der Waals surface area contributed by atoms with Crippen LogP contribution in [0.5, 0.6) is 5.75 Å². The molecule has 1 atom stereocenters. The molecule has 1 aliphatic rings. The Kier molecular flexibility index (Phi) is 6.51. The molecule has 0 aliphatic carbocycles. The molecule has 4 nitrogen and oxygen atoms in total. The van der Waals surface area contributed by atoms with E-state index in [0.717, 1.165) is 30.0 Å². The van der Waals surface area contributed by atoms with Gasteiger partial charge in [-0.1, -0.05) is 50.2 Å². The van der Waals surface area contributed by atoms with E-state index in [1.54, 1.807) is 7.11 Å². The molecular weight excluding hydrogens is 336 g/mol. The highest BCUT2D eigenvalue weighted by Crippen LogP contribution is 2.32. The second-order valence-electron chi connectivity index (χ2n) is 7.51. The predicted octanol–water partition coefficient (Wildman–Crippen LogP) is 4.21. The summed E-state index contributed by atoms with van der Waals surface area (Å²) in [5, 5.41) is 3.18. The number of ether oxygens (including phenoxy) is 1. The van der Waals surface area contributed by atoms with E-state index in [2.05, 4.69) is 24.1 Å². The first-order chi connectivity index (χ1) is 13.1. The molecule has 144 valence electrons. The van der Waals surface area contributed by atoms with Gasteiger partial charge in [0.05, 0.1) is 7.11 Å². The van der Waals surface area contributed by atoms with Crippen LogP contribution in [0, 0.1) is 5.92 Å². The summed E-state index contributed by atoms with van der Waals surface area (Å²) in [6.07, 6.45) is 2.52. The Morgan fingerprint density at radius 2 is 1.67 bits per heavy atom. The van der Waals surface area contributed by atoms with Gasteiger partial charge in [-0.05, 0) is 49.5 Å².